The van der Waals surface area contributed by atoms with Crippen LogP contribution in [0.5, 0.6) is 0 Å². The zero-order chi connectivity index (χ0) is 23.3. The number of nitrogens with zero attached hydrogens (tertiary/aromatic N) is 1. The minimum atomic E-state index is -3.69. The van der Waals surface area contributed by atoms with E-state index >= 15 is 0 Å². The van der Waals surface area contributed by atoms with Crippen LogP contribution in [0.15, 0.2) is 35.2 Å². The normalized spacial score (nSPS) is 11.4. The van der Waals surface area contributed by atoms with E-state index in [0.717, 1.165) is 0 Å². The van der Waals surface area contributed by atoms with Gasteiger partial charge in [-0.2, -0.15) is 4.31 Å². The number of amides is 1. The number of carbonyl (C=O) groups excluding carboxylic acids is 2. The summed E-state index contributed by atoms with van der Waals surface area (Å²) in [5.41, 5.74) is 6.61. The van der Waals surface area contributed by atoms with Crippen LogP contribution in [0.3, 0.4) is 0 Å². The third kappa shape index (κ3) is 5.88. The number of rotatable bonds is 8. The highest BCUT2D eigenvalue weighted by Gasteiger charge is 2.23. The molecule has 0 aliphatic carbocycles. The average molecular weight is 488 g/mol. The number of aryl methyl sites for hydroxylation is 1. The molecule has 0 saturated carbocycles. The second-order valence-electron chi connectivity index (χ2n) is 6.54. The smallest absolute Gasteiger partial charge is 0.340 e. The van der Waals surface area contributed by atoms with Gasteiger partial charge in [0.25, 0.3) is 5.91 Å². The molecule has 0 fully saturated rings. The highest BCUT2D eigenvalue weighted by Crippen LogP contribution is 2.28. The molecule has 0 saturated heterocycles. The predicted octanol–water partition coefficient (Wildman–Crippen LogP) is 3.71. The van der Waals surface area contributed by atoms with Gasteiger partial charge in [-0.25, -0.2) is 13.2 Å². The number of hydrogen-bond donors (Lipinski definition) is 2. The monoisotopic (exact) mass is 487 g/mol. The minimum absolute atomic E-state index is 0.0124. The molecule has 0 unspecified atom stereocenters. The molecule has 2 aromatic carbocycles. The quantitative estimate of drug-likeness (QED) is 0.432. The van der Waals surface area contributed by atoms with Crippen molar-refractivity contribution >= 4 is 56.5 Å². The van der Waals surface area contributed by atoms with Crippen LogP contribution < -0.4 is 11.1 Å². The number of sulfonamides is 1. The maximum Gasteiger partial charge on any atom is 0.340 e. The maximum atomic E-state index is 12.7. The molecule has 0 aliphatic heterocycles. The van der Waals surface area contributed by atoms with E-state index in [4.69, 9.17) is 33.7 Å². The lowest BCUT2D eigenvalue weighted by Crippen LogP contribution is -2.30. The number of nitrogen functional groups attached to an aromatic ring is 1. The summed E-state index contributed by atoms with van der Waals surface area (Å²) in [6.45, 7) is 5.22. The Morgan fingerprint density at radius 1 is 1.13 bits per heavy atom. The summed E-state index contributed by atoms with van der Waals surface area (Å²) in [4.78, 5) is 24.6. The fraction of sp³-hybridized carbons (Fsp3) is 0.300. The van der Waals surface area contributed by atoms with Crippen molar-refractivity contribution in [1.82, 2.24) is 4.31 Å². The van der Waals surface area contributed by atoms with Gasteiger partial charge in [-0.1, -0.05) is 43.1 Å². The number of nitrogens with one attached hydrogen (secondary N) is 1. The summed E-state index contributed by atoms with van der Waals surface area (Å²) in [7, 11) is -3.69. The third-order valence-corrected chi connectivity index (χ3v) is 7.05. The fourth-order valence-corrected chi connectivity index (χ4v) is 4.74. The number of carbonyl (C=O) groups is 2. The topological polar surface area (TPSA) is 119 Å². The van der Waals surface area contributed by atoms with Gasteiger partial charge in [0.15, 0.2) is 6.61 Å². The second-order valence-corrected chi connectivity index (χ2v) is 9.32. The Hall–Kier alpha value is -2.33. The van der Waals surface area contributed by atoms with Gasteiger partial charge in [0.2, 0.25) is 10.0 Å². The summed E-state index contributed by atoms with van der Waals surface area (Å²) in [5, 5.41) is 2.84. The molecular weight excluding hydrogens is 465 g/mol. The van der Waals surface area contributed by atoms with Crippen LogP contribution in [0.2, 0.25) is 10.0 Å². The number of anilines is 2. The average Bonchev–Trinajstić information content (AvgIpc) is 2.71. The van der Waals surface area contributed by atoms with E-state index < -0.39 is 28.5 Å². The summed E-state index contributed by atoms with van der Waals surface area (Å²) < 4.78 is 31.7. The van der Waals surface area contributed by atoms with Crippen LogP contribution in [-0.4, -0.2) is 44.3 Å². The molecule has 0 aromatic heterocycles. The first-order valence-electron chi connectivity index (χ1n) is 9.33. The minimum Gasteiger partial charge on any atom is -0.452 e. The molecule has 0 spiro atoms. The number of nitrogens with two attached hydrogens (primary N) is 1. The van der Waals surface area contributed by atoms with E-state index in [1.807, 2.05) is 0 Å². The van der Waals surface area contributed by atoms with Gasteiger partial charge >= 0.3 is 5.97 Å². The highest BCUT2D eigenvalue weighted by molar-refractivity contribution is 7.89. The van der Waals surface area contributed by atoms with Crippen molar-refractivity contribution in [2.75, 3.05) is 30.7 Å². The standard InChI is InChI=1S/C20H23Cl2N3O5S/c1-4-25(5-2)31(28,29)14-7-6-12(3)17(10-14)24-18(26)11-30-20(27)15-8-13(21)9-16(22)19(15)23/h6-10H,4-5,11,23H2,1-3H3,(H,24,26). The first kappa shape index (κ1) is 24.9. The molecule has 11 heteroatoms. The van der Waals surface area contributed by atoms with Crippen LogP contribution in [0.4, 0.5) is 11.4 Å². The van der Waals surface area contributed by atoms with Crippen LogP contribution in [0.25, 0.3) is 0 Å². The first-order chi connectivity index (χ1) is 14.5. The molecule has 31 heavy (non-hydrogen) atoms. The lowest BCUT2D eigenvalue weighted by atomic mass is 10.2. The van der Waals surface area contributed by atoms with E-state index in [1.165, 1.54) is 28.6 Å². The van der Waals surface area contributed by atoms with E-state index in [2.05, 4.69) is 5.32 Å². The Kier molecular flexibility index (Phi) is 8.30. The number of benzene rings is 2. The largest absolute Gasteiger partial charge is 0.452 e. The molecular formula is C20H23Cl2N3O5S. The highest BCUT2D eigenvalue weighted by atomic mass is 35.5. The molecule has 0 atom stereocenters. The second kappa shape index (κ2) is 10.3. The molecule has 0 aliphatic rings. The van der Waals surface area contributed by atoms with E-state index in [1.54, 1.807) is 26.8 Å². The van der Waals surface area contributed by atoms with Crippen molar-refractivity contribution in [3.63, 3.8) is 0 Å². The molecule has 2 rings (SSSR count). The van der Waals surface area contributed by atoms with Crippen molar-refractivity contribution in [3.8, 4) is 0 Å². The lowest BCUT2D eigenvalue weighted by Gasteiger charge is -2.19. The molecule has 2 aromatic rings. The number of halogens is 2. The Balaban J connectivity index is 2.13. The SMILES string of the molecule is CCN(CC)S(=O)(=O)c1ccc(C)c(NC(=O)COC(=O)c2cc(Cl)cc(Cl)c2N)c1. The number of ether oxygens (including phenoxy) is 1. The van der Waals surface area contributed by atoms with Gasteiger partial charge in [-0.3, -0.25) is 4.79 Å². The summed E-state index contributed by atoms with van der Waals surface area (Å²) in [5.74, 6) is -1.52. The fourth-order valence-electron chi connectivity index (χ4n) is 2.76. The van der Waals surface area contributed by atoms with Crippen molar-refractivity contribution in [1.29, 1.82) is 0 Å². The van der Waals surface area contributed by atoms with Crippen molar-refractivity contribution in [2.24, 2.45) is 0 Å². The van der Waals surface area contributed by atoms with Gasteiger partial charge in [0.05, 0.1) is 21.2 Å². The molecule has 168 valence electrons. The van der Waals surface area contributed by atoms with Gasteiger partial charge in [0, 0.05) is 23.8 Å². The Morgan fingerprint density at radius 3 is 2.39 bits per heavy atom. The molecule has 0 heterocycles. The van der Waals surface area contributed by atoms with Gasteiger partial charge in [-0.05, 0) is 36.8 Å². The van der Waals surface area contributed by atoms with Crippen LogP contribution >= 0.6 is 23.2 Å². The Bertz CT molecular complexity index is 1100. The van der Waals surface area contributed by atoms with Crippen molar-refractivity contribution < 1.29 is 22.7 Å². The van der Waals surface area contributed by atoms with Crippen molar-refractivity contribution in [2.45, 2.75) is 25.7 Å². The van der Waals surface area contributed by atoms with Crippen LogP contribution in [-0.2, 0) is 19.6 Å². The third-order valence-electron chi connectivity index (χ3n) is 4.47. The molecule has 8 nitrogen and oxygen atoms in total. The molecule has 3 N–H and O–H groups in total. The Morgan fingerprint density at radius 2 is 1.77 bits per heavy atom. The van der Waals surface area contributed by atoms with Gasteiger partial charge in [0.1, 0.15) is 0 Å². The van der Waals surface area contributed by atoms with E-state index in [9.17, 15) is 18.0 Å². The zero-order valence-corrected chi connectivity index (χ0v) is 19.6. The summed E-state index contributed by atoms with van der Waals surface area (Å²) in [6.07, 6.45) is 0. The summed E-state index contributed by atoms with van der Waals surface area (Å²) >= 11 is 11.8. The van der Waals surface area contributed by atoms with E-state index in [0.29, 0.717) is 24.3 Å². The van der Waals surface area contributed by atoms with Gasteiger partial charge < -0.3 is 15.8 Å². The number of esters is 1. The van der Waals surface area contributed by atoms with E-state index in [-0.39, 0.29) is 26.2 Å². The first-order valence-corrected chi connectivity index (χ1v) is 11.5. The van der Waals surface area contributed by atoms with Crippen LogP contribution in [0.1, 0.15) is 29.8 Å². The number of hydrogen-bond acceptors (Lipinski definition) is 6. The van der Waals surface area contributed by atoms with Crippen LogP contribution in [0, 0.1) is 6.92 Å². The van der Waals surface area contributed by atoms with Gasteiger partial charge in [-0.15, -0.1) is 0 Å². The predicted molar refractivity (Wildman–Crippen MR) is 121 cm³/mol. The van der Waals surface area contributed by atoms with Crippen molar-refractivity contribution in [3.05, 3.63) is 51.5 Å². The zero-order valence-electron chi connectivity index (χ0n) is 17.2. The summed E-state index contributed by atoms with van der Waals surface area (Å²) in [6, 6.07) is 7.10. The Labute approximate surface area is 191 Å². The maximum absolute atomic E-state index is 12.7. The lowest BCUT2D eigenvalue weighted by molar-refractivity contribution is -0.119. The molecule has 0 bridgehead atoms. The molecule has 0 radical (unpaired) electrons. The molecule has 1 amide bonds.